The molecule has 0 spiro atoms. The summed E-state index contributed by atoms with van der Waals surface area (Å²) in [7, 11) is 0. The van der Waals surface area contributed by atoms with Gasteiger partial charge in [0.05, 0.1) is 6.04 Å². The number of aromatic amines is 1. The van der Waals surface area contributed by atoms with Crippen LogP contribution in [0.15, 0.2) is 103 Å². The van der Waals surface area contributed by atoms with E-state index in [1.165, 1.54) is 27.8 Å². The Morgan fingerprint density at radius 2 is 1.25 bits per heavy atom. The lowest BCUT2D eigenvalue weighted by molar-refractivity contribution is -0.138. The van der Waals surface area contributed by atoms with Crippen LogP contribution in [0.3, 0.4) is 0 Å². The van der Waals surface area contributed by atoms with Crippen molar-refractivity contribution >= 4 is 22.7 Å². The monoisotopic (exact) mass is 583 g/mol. The number of para-hydroxylation sites is 1. The maximum absolute atomic E-state index is 13.0. The molecule has 2 atom stereocenters. The molecule has 8 rings (SSSR count). The van der Waals surface area contributed by atoms with Gasteiger partial charge < -0.3 is 26.3 Å². The summed E-state index contributed by atoms with van der Waals surface area (Å²) in [4.78, 5) is 32.7. The van der Waals surface area contributed by atoms with Gasteiger partial charge in [0, 0.05) is 43.8 Å². The largest absolute Gasteiger partial charge is 0.358 e. The molecule has 0 radical (unpaired) electrons. The fraction of sp³-hybridized carbons (Fsp3) is 0.243. The Kier molecular flexibility index (Phi) is 7.28. The highest BCUT2D eigenvalue weighted by molar-refractivity contribution is 5.89. The number of aromatic nitrogens is 1. The van der Waals surface area contributed by atoms with Crippen molar-refractivity contribution < 1.29 is 9.59 Å². The minimum atomic E-state index is -0.849. The van der Waals surface area contributed by atoms with Crippen molar-refractivity contribution in [3.63, 3.8) is 0 Å². The van der Waals surface area contributed by atoms with Gasteiger partial charge in [0.1, 0.15) is 5.54 Å². The summed E-state index contributed by atoms with van der Waals surface area (Å²) < 4.78 is 0. The summed E-state index contributed by atoms with van der Waals surface area (Å²) in [6.07, 6.45) is 2.12. The summed E-state index contributed by atoms with van der Waals surface area (Å²) in [6.45, 7) is 2.68. The Balaban J connectivity index is 0.000000143. The van der Waals surface area contributed by atoms with Crippen LogP contribution >= 0.6 is 0 Å². The fourth-order valence-corrected chi connectivity index (χ4v) is 6.91. The van der Waals surface area contributed by atoms with Gasteiger partial charge in [-0.3, -0.25) is 9.59 Å². The highest BCUT2D eigenvalue weighted by atomic mass is 16.2. The number of carbonyl (C=O) groups excluding carboxylic acids is 2. The van der Waals surface area contributed by atoms with Gasteiger partial charge in [0.15, 0.2) is 0 Å². The molecule has 0 fully saturated rings. The third-order valence-electron chi connectivity index (χ3n) is 9.29. The van der Waals surface area contributed by atoms with Crippen molar-refractivity contribution in [2.24, 2.45) is 11.5 Å². The molecule has 0 saturated heterocycles. The first-order chi connectivity index (χ1) is 21.4. The second-order valence-electron chi connectivity index (χ2n) is 12.2. The van der Waals surface area contributed by atoms with Gasteiger partial charge in [0.25, 0.3) is 0 Å². The number of rotatable bonds is 4. The quantitative estimate of drug-likeness (QED) is 0.279. The number of H-pyrrole nitrogens is 1. The number of aryl methyl sites for hydroxylation is 1. The molecule has 7 nitrogen and oxygen atoms in total. The number of hydrogen-bond acceptors (Lipinski definition) is 4. The maximum atomic E-state index is 13.0. The summed E-state index contributed by atoms with van der Waals surface area (Å²) >= 11 is 0. The summed E-state index contributed by atoms with van der Waals surface area (Å²) in [6, 6.07) is 34.1. The first kappa shape index (κ1) is 28.1. The number of amides is 2. The Hall–Kier alpha value is -4.72. The van der Waals surface area contributed by atoms with Gasteiger partial charge >= 0.3 is 0 Å². The minimum Gasteiger partial charge on any atom is -0.358 e. The van der Waals surface area contributed by atoms with Gasteiger partial charge in [-0.15, -0.1) is 0 Å². The number of carbonyl (C=O) groups is 2. The van der Waals surface area contributed by atoms with Crippen molar-refractivity contribution in [1.82, 2.24) is 14.8 Å². The molecule has 44 heavy (non-hydrogen) atoms. The van der Waals surface area contributed by atoms with Gasteiger partial charge in [-0.05, 0) is 63.7 Å². The van der Waals surface area contributed by atoms with Crippen LogP contribution < -0.4 is 11.5 Å². The van der Waals surface area contributed by atoms with E-state index in [-0.39, 0.29) is 11.8 Å². The number of fused-ring (bicyclic) bond motifs is 4. The molecule has 0 saturated carbocycles. The van der Waals surface area contributed by atoms with Crippen molar-refractivity contribution in [3.8, 4) is 0 Å². The molecule has 2 amide bonds. The maximum Gasteiger partial charge on any atom is 0.247 e. The van der Waals surface area contributed by atoms with Crippen LogP contribution in [0.25, 0.3) is 10.9 Å². The first-order valence-corrected chi connectivity index (χ1v) is 15.3. The zero-order valence-electron chi connectivity index (χ0n) is 24.7. The van der Waals surface area contributed by atoms with Crippen LogP contribution in [0.5, 0.6) is 0 Å². The molecular formula is C37H37N5O2. The molecule has 5 aromatic rings. The molecule has 7 heteroatoms. The van der Waals surface area contributed by atoms with Crippen LogP contribution in [0.1, 0.15) is 45.5 Å². The molecule has 2 unspecified atom stereocenters. The number of benzene rings is 4. The van der Waals surface area contributed by atoms with E-state index in [1.807, 2.05) is 70.5 Å². The van der Waals surface area contributed by atoms with Crippen LogP contribution in [-0.2, 0) is 54.1 Å². The van der Waals surface area contributed by atoms with Crippen molar-refractivity contribution in [3.05, 3.63) is 142 Å². The van der Waals surface area contributed by atoms with Crippen LogP contribution in [-0.4, -0.2) is 32.6 Å². The smallest absolute Gasteiger partial charge is 0.247 e. The van der Waals surface area contributed by atoms with E-state index in [1.54, 1.807) is 0 Å². The average molecular weight is 584 g/mol. The molecule has 1 aromatic heterocycles. The molecular weight excluding hydrogens is 546 g/mol. The molecule has 3 aliphatic rings. The SMILES string of the molecule is NC(Cc1cc2ccccc2[nH]1)C(=O)N1Cc2ccccc2C1.NC1(C(=O)N2Cc3ccccc3C2)CCc2ccccc21. The van der Waals surface area contributed by atoms with Gasteiger partial charge in [-0.2, -0.15) is 0 Å². The minimum absolute atomic E-state index is 0.0138. The first-order valence-electron chi connectivity index (χ1n) is 15.3. The van der Waals surface area contributed by atoms with E-state index >= 15 is 0 Å². The predicted molar refractivity (Wildman–Crippen MR) is 172 cm³/mol. The van der Waals surface area contributed by atoms with Crippen molar-refractivity contribution in [2.45, 2.75) is 57.0 Å². The topological polar surface area (TPSA) is 108 Å². The average Bonchev–Trinajstić information content (AvgIpc) is 3.84. The standard InChI is InChI=1S/C19H19N3O.C18H18N2O/c20-17(10-16-9-13-5-3-4-8-18(13)21-16)19(23)22-11-14-6-1-2-7-15(14)12-22;19-18(10-9-13-5-3-4-8-16(13)18)17(21)20-11-14-6-1-2-7-15(14)12-20/h1-9,17,21H,10-12,20H2;1-8H,9-12,19H2. The number of nitrogens with two attached hydrogens (primary N) is 2. The van der Waals surface area contributed by atoms with E-state index in [9.17, 15) is 9.59 Å². The molecule has 3 heterocycles. The second kappa shape index (κ2) is 11.4. The van der Waals surface area contributed by atoms with Gasteiger partial charge in [0.2, 0.25) is 11.8 Å². The van der Waals surface area contributed by atoms with E-state index < -0.39 is 11.6 Å². The molecule has 0 bridgehead atoms. The van der Waals surface area contributed by atoms with Gasteiger partial charge in [-0.25, -0.2) is 0 Å². The van der Waals surface area contributed by atoms with Crippen molar-refractivity contribution in [2.75, 3.05) is 0 Å². The zero-order chi connectivity index (χ0) is 30.3. The highest BCUT2D eigenvalue weighted by Crippen LogP contribution is 2.38. The number of nitrogens with one attached hydrogen (secondary N) is 1. The molecule has 1 aliphatic carbocycles. The predicted octanol–water partition coefficient (Wildman–Crippen LogP) is 4.91. The zero-order valence-corrected chi connectivity index (χ0v) is 24.7. The summed E-state index contributed by atoms with van der Waals surface area (Å²) in [5.74, 6) is 0.0727. The molecule has 222 valence electrons. The molecule has 4 aromatic carbocycles. The Morgan fingerprint density at radius 1 is 0.727 bits per heavy atom. The van der Waals surface area contributed by atoms with Crippen LogP contribution in [0, 0.1) is 0 Å². The lowest BCUT2D eigenvalue weighted by atomic mass is 9.91. The second-order valence-corrected chi connectivity index (χ2v) is 12.2. The normalized spacial score (nSPS) is 18.8. The Labute approximate surface area is 257 Å². The number of hydrogen-bond donors (Lipinski definition) is 3. The number of nitrogens with zero attached hydrogens (tertiary/aromatic N) is 2. The third-order valence-corrected chi connectivity index (χ3v) is 9.29. The Bertz CT molecular complexity index is 1780. The van der Waals surface area contributed by atoms with E-state index in [0.29, 0.717) is 39.0 Å². The summed E-state index contributed by atoms with van der Waals surface area (Å²) in [5, 5.41) is 1.15. The summed E-state index contributed by atoms with van der Waals surface area (Å²) in [5.41, 5.74) is 21.1. The third kappa shape index (κ3) is 5.19. The van der Waals surface area contributed by atoms with E-state index in [4.69, 9.17) is 11.5 Å². The van der Waals surface area contributed by atoms with Crippen LogP contribution in [0.4, 0.5) is 0 Å². The van der Waals surface area contributed by atoms with E-state index in [0.717, 1.165) is 28.6 Å². The van der Waals surface area contributed by atoms with Gasteiger partial charge in [-0.1, -0.05) is 91.0 Å². The lowest BCUT2D eigenvalue weighted by Crippen LogP contribution is -2.50. The fourth-order valence-electron chi connectivity index (χ4n) is 6.91. The lowest BCUT2D eigenvalue weighted by Gasteiger charge is -2.29. The molecule has 2 aliphatic heterocycles. The van der Waals surface area contributed by atoms with Crippen molar-refractivity contribution in [1.29, 1.82) is 0 Å². The highest BCUT2D eigenvalue weighted by Gasteiger charge is 2.44. The van der Waals surface area contributed by atoms with E-state index in [2.05, 4.69) is 47.4 Å². The Morgan fingerprint density at radius 3 is 1.86 bits per heavy atom. The van der Waals surface area contributed by atoms with Crippen LogP contribution in [0.2, 0.25) is 0 Å². The molecule has 5 N–H and O–H groups in total.